The molecule has 25 heavy (non-hydrogen) atoms. The number of nitrogens with one attached hydrogen (secondary N) is 2. The van der Waals surface area contributed by atoms with Gasteiger partial charge in [-0.15, -0.1) is 0 Å². The smallest absolute Gasteiger partial charge is 0.221 e. The number of rotatable bonds is 7. The number of carbonyl (C=O) groups is 1. The van der Waals surface area contributed by atoms with Gasteiger partial charge in [-0.3, -0.25) is 4.79 Å². The molecule has 0 spiro atoms. The van der Waals surface area contributed by atoms with Crippen molar-refractivity contribution < 1.29 is 9.69 Å². The van der Waals surface area contributed by atoms with Gasteiger partial charge in [-0.1, -0.05) is 36.4 Å². The van der Waals surface area contributed by atoms with Gasteiger partial charge in [-0.2, -0.15) is 0 Å². The summed E-state index contributed by atoms with van der Waals surface area (Å²) in [7, 11) is 4.16. The number of carbonyl (C=O) groups excluding carboxylic acids is 1. The van der Waals surface area contributed by atoms with Gasteiger partial charge in [0.15, 0.2) is 0 Å². The van der Waals surface area contributed by atoms with Crippen molar-refractivity contribution in [2.24, 2.45) is 0 Å². The fraction of sp³-hybridized carbons (Fsp3) is 0.300. The highest BCUT2D eigenvalue weighted by Crippen LogP contribution is 2.28. The summed E-state index contributed by atoms with van der Waals surface area (Å²) in [4.78, 5) is 18.3. The van der Waals surface area contributed by atoms with Crippen LogP contribution in [0, 0.1) is 0 Å². The van der Waals surface area contributed by atoms with E-state index in [9.17, 15) is 4.79 Å². The normalized spacial score (nSPS) is 12.4. The predicted octanol–water partition coefficient (Wildman–Crippen LogP) is 1.12. The molecule has 130 valence electrons. The van der Waals surface area contributed by atoms with E-state index in [1.54, 1.807) is 0 Å². The SMILES string of the molecule is C[NH+](C)CCNC(=O)C[C@@H](c1ccccc1)c1cnc2ccccn12. The lowest BCUT2D eigenvalue weighted by molar-refractivity contribution is -0.856. The molecule has 0 fully saturated rings. The van der Waals surface area contributed by atoms with Gasteiger partial charge in [0, 0.05) is 24.7 Å². The molecule has 1 amide bonds. The van der Waals surface area contributed by atoms with Crippen LogP contribution in [0.3, 0.4) is 0 Å². The first-order valence-corrected chi connectivity index (χ1v) is 8.68. The van der Waals surface area contributed by atoms with Crippen LogP contribution in [0.1, 0.15) is 23.6 Å². The van der Waals surface area contributed by atoms with Crippen molar-refractivity contribution in [3.05, 3.63) is 72.2 Å². The molecule has 3 rings (SSSR count). The Bertz CT molecular complexity index is 826. The zero-order chi connectivity index (χ0) is 17.6. The highest BCUT2D eigenvalue weighted by molar-refractivity contribution is 5.77. The van der Waals surface area contributed by atoms with Crippen LogP contribution in [0.5, 0.6) is 0 Å². The highest BCUT2D eigenvalue weighted by Gasteiger charge is 2.21. The molecule has 0 saturated carbocycles. The lowest BCUT2D eigenvalue weighted by atomic mass is 9.92. The number of aromatic nitrogens is 2. The van der Waals surface area contributed by atoms with Crippen LogP contribution >= 0.6 is 0 Å². The van der Waals surface area contributed by atoms with Gasteiger partial charge in [-0.25, -0.2) is 4.98 Å². The Balaban J connectivity index is 1.85. The third kappa shape index (κ3) is 4.25. The van der Waals surface area contributed by atoms with Crippen molar-refractivity contribution in [3.8, 4) is 0 Å². The van der Waals surface area contributed by atoms with Crippen molar-refractivity contribution >= 4 is 11.6 Å². The fourth-order valence-corrected chi connectivity index (χ4v) is 3.00. The van der Waals surface area contributed by atoms with Gasteiger partial charge in [0.2, 0.25) is 5.91 Å². The molecular formula is C20H25N4O+. The van der Waals surface area contributed by atoms with Crippen molar-refractivity contribution in [1.29, 1.82) is 0 Å². The Labute approximate surface area is 148 Å². The van der Waals surface area contributed by atoms with Gasteiger partial charge >= 0.3 is 0 Å². The van der Waals surface area contributed by atoms with E-state index in [0.29, 0.717) is 13.0 Å². The van der Waals surface area contributed by atoms with Crippen LogP contribution in [-0.4, -0.2) is 42.5 Å². The van der Waals surface area contributed by atoms with Crippen LogP contribution < -0.4 is 10.2 Å². The number of benzene rings is 1. The molecule has 2 heterocycles. The summed E-state index contributed by atoms with van der Waals surface area (Å²) in [5.74, 6) is 0.0475. The Hall–Kier alpha value is -2.66. The summed E-state index contributed by atoms with van der Waals surface area (Å²) in [6.45, 7) is 1.60. The highest BCUT2D eigenvalue weighted by atomic mass is 16.1. The third-order valence-electron chi connectivity index (χ3n) is 4.34. The number of nitrogens with zero attached hydrogens (tertiary/aromatic N) is 2. The largest absolute Gasteiger partial charge is 0.350 e. The number of quaternary nitrogens is 1. The van der Waals surface area contributed by atoms with Crippen molar-refractivity contribution in [1.82, 2.24) is 14.7 Å². The number of amides is 1. The molecule has 5 nitrogen and oxygen atoms in total. The van der Waals surface area contributed by atoms with E-state index in [-0.39, 0.29) is 11.8 Å². The molecule has 1 aromatic carbocycles. The second-order valence-corrected chi connectivity index (χ2v) is 6.59. The van der Waals surface area contributed by atoms with E-state index in [4.69, 9.17) is 0 Å². The average molecular weight is 337 g/mol. The molecule has 0 radical (unpaired) electrons. The molecule has 5 heteroatoms. The molecule has 0 aliphatic heterocycles. The molecule has 0 bridgehead atoms. The van der Waals surface area contributed by atoms with Gasteiger partial charge in [0.05, 0.1) is 32.9 Å². The number of likely N-dealkylation sites (N-methyl/N-ethyl adjacent to an activating group) is 1. The molecule has 3 aromatic rings. The number of imidazole rings is 1. The topological polar surface area (TPSA) is 50.8 Å². The second-order valence-electron chi connectivity index (χ2n) is 6.59. The van der Waals surface area contributed by atoms with E-state index >= 15 is 0 Å². The first-order valence-electron chi connectivity index (χ1n) is 8.68. The maximum atomic E-state index is 12.5. The quantitative estimate of drug-likeness (QED) is 0.679. The Morgan fingerprint density at radius 1 is 1.16 bits per heavy atom. The van der Waals surface area contributed by atoms with Gasteiger partial charge in [0.1, 0.15) is 5.65 Å². The summed E-state index contributed by atoms with van der Waals surface area (Å²) in [5, 5.41) is 3.03. The summed E-state index contributed by atoms with van der Waals surface area (Å²) in [6, 6.07) is 16.1. The lowest BCUT2D eigenvalue weighted by Crippen LogP contribution is -3.06. The number of pyridine rings is 1. The summed E-state index contributed by atoms with van der Waals surface area (Å²) in [5.41, 5.74) is 3.06. The summed E-state index contributed by atoms with van der Waals surface area (Å²) < 4.78 is 2.06. The predicted molar refractivity (Wildman–Crippen MR) is 98.8 cm³/mol. The first kappa shape index (κ1) is 17.2. The van der Waals surface area contributed by atoms with Crippen LogP contribution in [0.4, 0.5) is 0 Å². The molecule has 2 N–H and O–H groups in total. The maximum Gasteiger partial charge on any atom is 0.221 e. The van der Waals surface area contributed by atoms with Crippen molar-refractivity contribution in [2.75, 3.05) is 27.2 Å². The van der Waals surface area contributed by atoms with Crippen LogP contribution in [-0.2, 0) is 4.79 Å². The second kappa shape index (κ2) is 7.94. The zero-order valence-electron chi connectivity index (χ0n) is 14.8. The molecule has 0 unspecified atom stereocenters. The van der Waals surface area contributed by atoms with Gasteiger partial charge in [-0.05, 0) is 17.7 Å². The van der Waals surface area contributed by atoms with Crippen molar-refractivity contribution in [3.63, 3.8) is 0 Å². The number of hydrogen-bond acceptors (Lipinski definition) is 2. The number of hydrogen-bond donors (Lipinski definition) is 2. The van der Waals surface area contributed by atoms with Crippen LogP contribution in [0.25, 0.3) is 5.65 Å². The lowest BCUT2D eigenvalue weighted by Gasteiger charge is -2.17. The molecular weight excluding hydrogens is 312 g/mol. The van der Waals surface area contributed by atoms with Gasteiger partial charge in [0.25, 0.3) is 0 Å². The standard InChI is InChI=1S/C20H24N4O/c1-23(2)13-11-21-20(25)14-17(16-8-4-3-5-9-16)18-15-22-19-10-6-7-12-24(18)19/h3-10,12,15,17H,11,13-14H2,1-2H3,(H,21,25)/p+1/t17-/m0/s1. The molecule has 2 aromatic heterocycles. The fourth-order valence-electron chi connectivity index (χ4n) is 3.00. The average Bonchev–Trinajstić information content (AvgIpc) is 3.04. The first-order chi connectivity index (χ1) is 12.1. The van der Waals surface area contributed by atoms with Crippen molar-refractivity contribution in [2.45, 2.75) is 12.3 Å². The van der Waals surface area contributed by atoms with Gasteiger partial charge < -0.3 is 14.6 Å². The van der Waals surface area contributed by atoms with E-state index < -0.39 is 0 Å². The Morgan fingerprint density at radius 2 is 1.92 bits per heavy atom. The number of fused-ring (bicyclic) bond motifs is 1. The zero-order valence-corrected chi connectivity index (χ0v) is 14.8. The van der Waals surface area contributed by atoms with E-state index in [1.165, 1.54) is 4.90 Å². The molecule has 0 aliphatic carbocycles. The summed E-state index contributed by atoms with van der Waals surface area (Å²) >= 11 is 0. The van der Waals surface area contributed by atoms with Crippen LogP contribution in [0.2, 0.25) is 0 Å². The summed E-state index contributed by atoms with van der Waals surface area (Å²) in [6.07, 6.45) is 4.29. The molecule has 0 saturated heterocycles. The Morgan fingerprint density at radius 3 is 2.68 bits per heavy atom. The van der Waals surface area contributed by atoms with E-state index in [0.717, 1.165) is 23.4 Å². The minimum absolute atomic E-state index is 0.0229. The minimum atomic E-state index is -0.0229. The monoisotopic (exact) mass is 337 g/mol. The van der Waals surface area contributed by atoms with Crippen LogP contribution in [0.15, 0.2) is 60.9 Å². The Kier molecular flexibility index (Phi) is 5.46. The molecule has 0 aliphatic rings. The maximum absolute atomic E-state index is 12.5. The third-order valence-corrected chi connectivity index (χ3v) is 4.34. The minimum Gasteiger partial charge on any atom is -0.350 e. The molecule has 1 atom stereocenters. The van der Waals surface area contributed by atoms with E-state index in [1.807, 2.05) is 48.8 Å². The van der Waals surface area contributed by atoms with E-state index in [2.05, 4.69) is 40.9 Å².